The van der Waals surface area contributed by atoms with Crippen LogP contribution in [0, 0.1) is 17.2 Å². The minimum atomic E-state index is -0.520. The van der Waals surface area contributed by atoms with Crippen LogP contribution < -0.4 is 5.32 Å². The first-order valence-corrected chi connectivity index (χ1v) is 11.4. The third-order valence-corrected chi connectivity index (χ3v) is 7.20. The molecule has 154 valence electrons. The zero-order chi connectivity index (χ0) is 19.3. The molecule has 0 aromatic heterocycles. The molecule has 0 spiro atoms. The van der Waals surface area contributed by atoms with Gasteiger partial charge in [0.25, 0.3) is 5.91 Å². The number of guanidine groups is 1. The van der Waals surface area contributed by atoms with Crippen molar-refractivity contribution in [3.05, 3.63) is 0 Å². The summed E-state index contributed by atoms with van der Waals surface area (Å²) in [5.41, 5.74) is -0.520. The van der Waals surface area contributed by atoms with Crippen LogP contribution in [0.15, 0.2) is 0 Å². The SMILES string of the molecule is CCCCCN1CCC(C[C@]2(CCC3CCCCC3)NC(=N)N(C)C2=O)C1. The highest BCUT2D eigenvalue weighted by molar-refractivity contribution is 6.07. The molecule has 1 amide bonds. The molecule has 5 nitrogen and oxygen atoms in total. The lowest BCUT2D eigenvalue weighted by Gasteiger charge is -2.32. The number of hydrogen-bond donors (Lipinski definition) is 2. The van der Waals surface area contributed by atoms with Crippen LogP contribution in [-0.4, -0.2) is 53.9 Å². The van der Waals surface area contributed by atoms with Crippen LogP contribution in [0.3, 0.4) is 0 Å². The lowest BCUT2D eigenvalue weighted by atomic mass is 9.78. The van der Waals surface area contributed by atoms with E-state index < -0.39 is 5.54 Å². The van der Waals surface area contributed by atoms with Crippen LogP contribution in [0.2, 0.25) is 0 Å². The Morgan fingerprint density at radius 3 is 2.59 bits per heavy atom. The van der Waals surface area contributed by atoms with E-state index in [-0.39, 0.29) is 5.91 Å². The molecule has 2 N–H and O–H groups in total. The quantitative estimate of drug-likeness (QED) is 0.598. The van der Waals surface area contributed by atoms with Crippen molar-refractivity contribution in [1.82, 2.24) is 15.1 Å². The zero-order valence-electron chi connectivity index (χ0n) is 17.6. The molecule has 3 fully saturated rings. The number of unbranched alkanes of at least 4 members (excludes halogenated alkanes) is 2. The van der Waals surface area contributed by atoms with Gasteiger partial charge in [-0.25, -0.2) is 0 Å². The first-order chi connectivity index (χ1) is 13.0. The van der Waals surface area contributed by atoms with Crippen molar-refractivity contribution in [2.24, 2.45) is 11.8 Å². The summed E-state index contributed by atoms with van der Waals surface area (Å²) < 4.78 is 0. The summed E-state index contributed by atoms with van der Waals surface area (Å²) in [4.78, 5) is 17.2. The summed E-state index contributed by atoms with van der Waals surface area (Å²) in [5, 5.41) is 11.5. The van der Waals surface area contributed by atoms with Gasteiger partial charge in [-0.15, -0.1) is 0 Å². The smallest absolute Gasteiger partial charge is 0.254 e. The average Bonchev–Trinajstić information content (AvgIpc) is 3.20. The summed E-state index contributed by atoms with van der Waals surface area (Å²) in [6, 6.07) is 0. The maximum absolute atomic E-state index is 13.1. The van der Waals surface area contributed by atoms with Gasteiger partial charge in [0.05, 0.1) is 0 Å². The van der Waals surface area contributed by atoms with E-state index in [4.69, 9.17) is 5.41 Å². The fraction of sp³-hybridized carbons (Fsp3) is 0.909. The van der Waals surface area contributed by atoms with Crippen LogP contribution in [0.4, 0.5) is 0 Å². The standard InChI is InChI=1S/C22H40N4O/c1-3-4-8-14-26-15-12-19(17-26)16-22(20(27)25(2)21(23)24-22)13-11-18-9-6-5-7-10-18/h18-19H,3-17H2,1-2H3,(H2,23,24)/t19?,22-/m0/s1. The molecule has 0 aromatic rings. The van der Waals surface area contributed by atoms with E-state index in [2.05, 4.69) is 17.1 Å². The minimum Gasteiger partial charge on any atom is -0.342 e. The van der Waals surface area contributed by atoms with Crippen molar-refractivity contribution in [3.63, 3.8) is 0 Å². The van der Waals surface area contributed by atoms with Gasteiger partial charge in [-0.3, -0.25) is 15.1 Å². The summed E-state index contributed by atoms with van der Waals surface area (Å²) >= 11 is 0. The third kappa shape index (κ3) is 5.04. The lowest BCUT2D eigenvalue weighted by Crippen LogP contribution is -2.49. The molecule has 0 aromatic carbocycles. The first kappa shape index (κ1) is 20.6. The molecule has 2 heterocycles. The molecule has 3 aliphatic rings. The predicted molar refractivity (Wildman–Crippen MR) is 111 cm³/mol. The molecule has 5 heteroatoms. The molecular weight excluding hydrogens is 336 g/mol. The number of amides is 1. The van der Waals surface area contributed by atoms with Crippen LogP contribution in [0.25, 0.3) is 0 Å². The van der Waals surface area contributed by atoms with Crippen LogP contribution in [-0.2, 0) is 4.79 Å². The number of carbonyl (C=O) groups is 1. The van der Waals surface area contributed by atoms with Gasteiger partial charge in [0.2, 0.25) is 0 Å². The summed E-state index contributed by atoms with van der Waals surface area (Å²) in [6.07, 6.45) is 14.7. The Morgan fingerprint density at radius 2 is 1.93 bits per heavy atom. The predicted octanol–water partition coefficient (Wildman–Crippen LogP) is 3.98. The topological polar surface area (TPSA) is 59.4 Å². The summed E-state index contributed by atoms with van der Waals surface area (Å²) in [5.74, 6) is 1.78. The van der Waals surface area contributed by atoms with Crippen LogP contribution in [0.1, 0.15) is 84.0 Å². The molecule has 0 bridgehead atoms. The summed E-state index contributed by atoms with van der Waals surface area (Å²) in [6.45, 7) is 5.76. The Kier molecular flexibility index (Phi) is 7.18. The van der Waals surface area contributed by atoms with Gasteiger partial charge in [-0.2, -0.15) is 0 Å². The monoisotopic (exact) mass is 376 g/mol. The maximum Gasteiger partial charge on any atom is 0.254 e. The molecule has 2 aliphatic heterocycles. The van der Waals surface area contributed by atoms with Crippen molar-refractivity contribution >= 4 is 11.9 Å². The molecule has 2 atom stereocenters. The van der Waals surface area contributed by atoms with Gasteiger partial charge < -0.3 is 10.2 Å². The van der Waals surface area contributed by atoms with Crippen molar-refractivity contribution in [2.45, 2.75) is 89.5 Å². The largest absolute Gasteiger partial charge is 0.342 e. The Bertz CT molecular complexity index is 516. The van der Waals surface area contributed by atoms with E-state index in [0.29, 0.717) is 11.9 Å². The van der Waals surface area contributed by atoms with Gasteiger partial charge in [-0.05, 0) is 57.0 Å². The molecule has 1 aliphatic carbocycles. The van der Waals surface area contributed by atoms with E-state index >= 15 is 0 Å². The fourth-order valence-electron chi connectivity index (χ4n) is 5.48. The van der Waals surface area contributed by atoms with E-state index in [9.17, 15) is 4.79 Å². The summed E-state index contributed by atoms with van der Waals surface area (Å²) in [7, 11) is 1.76. The Hall–Kier alpha value is -1.10. The van der Waals surface area contributed by atoms with E-state index in [0.717, 1.165) is 31.7 Å². The number of likely N-dealkylation sites (N-methyl/N-ethyl adjacent to an activating group) is 1. The van der Waals surface area contributed by atoms with Crippen molar-refractivity contribution in [3.8, 4) is 0 Å². The highest BCUT2D eigenvalue weighted by atomic mass is 16.2. The first-order valence-electron chi connectivity index (χ1n) is 11.4. The molecule has 1 saturated carbocycles. The lowest BCUT2D eigenvalue weighted by molar-refractivity contribution is -0.131. The highest BCUT2D eigenvalue weighted by Crippen LogP contribution is 2.36. The number of nitrogens with one attached hydrogen (secondary N) is 2. The van der Waals surface area contributed by atoms with Gasteiger partial charge in [0, 0.05) is 13.6 Å². The Labute approximate surface area is 165 Å². The second-order valence-electron chi connectivity index (χ2n) is 9.33. The third-order valence-electron chi connectivity index (χ3n) is 7.20. The number of rotatable bonds is 9. The molecule has 27 heavy (non-hydrogen) atoms. The van der Waals surface area contributed by atoms with Crippen LogP contribution in [0.5, 0.6) is 0 Å². The Balaban J connectivity index is 1.59. The molecule has 1 unspecified atom stereocenters. The van der Waals surface area contributed by atoms with Crippen molar-refractivity contribution < 1.29 is 4.79 Å². The number of nitrogens with zero attached hydrogens (tertiary/aromatic N) is 2. The number of hydrogen-bond acceptors (Lipinski definition) is 3. The minimum absolute atomic E-state index is 0.132. The number of likely N-dealkylation sites (tertiary alicyclic amines) is 1. The van der Waals surface area contributed by atoms with E-state index in [1.165, 1.54) is 75.8 Å². The molecule has 3 rings (SSSR count). The van der Waals surface area contributed by atoms with Crippen LogP contribution >= 0.6 is 0 Å². The second kappa shape index (κ2) is 9.40. The van der Waals surface area contributed by atoms with Crippen molar-refractivity contribution in [1.29, 1.82) is 5.41 Å². The maximum atomic E-state index is 13.1. The van der Waals surface area contributed by atoms with Crippen molar-refractivity contribution in [2.75, 3.05) is 26.7 Å². The van der Waals surface area contributed by atoms with E-state index in [1.807, 2.05) is 0 Å². The normalized spacial score (nSPS) is 30.3. The highest BCUT2D eigenvalue weighted by Gasteiger charge is 2.49. The van der Waals surface area contributed by atoms with Gasteiger partial charge in [-0.1, -0.05) is 51.9 Å². The zero-order valence-corrected chi connectivity index (χ0v) is 17.6. The number of carbonyl (C=O) groups excluding carboxylic acids is 1. The van der Waals surface area contributed by atoms with Gasteiger partial charge in [0.1, 0.15) is 5.54 Å². The van der Waals surface area contributed by atoms with E-state index in [1.54, 1.807) is 7.05 Å². The second-order valence-corrected chi connectivity index (χ2v) is 9.33. The fourth-order valence-corrected chi connectivity index (χ4v) is 5.48. The molecule has 0 radical (unpaired) electrons. The average molecular weight is 377 g/mol. The Morgan fingerprint density at radius 1 is 1.15 bits per heavy atom. The molecular formula is C22H40N4O. The van der Waals surface area contributed by atoms with Gasteiger partial charge in [0.15, 0.2) is 5.96 Å². The van der Waals surface area contributed by atoms with Gasteiger partial charge >= 0.3 is 0 Å². The molecule has 2 saturated heterocycles.